The molecule has 0 N–H and O–H groups in total. The van der Waals surface area contributed by atoms with Crippen molar-refractivity contribution >= 4 is 43.6 Å². The number of para-hydroxylation sites is 3. The maximum atomic E-state index is 5.03. The lowest BCUT2D eigenvalue weighted by Crippen LogP contribution is -1.99. The van der Waals surface area contributed by atoms with Crippen LogP contribution in [-0.4, -0.2) is 24.1 Å². The molecule has 10 rings (SSSR count). The Labute approximate surface area is 288 Å². The van der Waals surface area contributed by atoms with Crippen LogP contribution in [0.3, 0.4) is 0 Å². The molecule has 0 unspecified atom stereocenters. The molecule has 5 heteroatoms. The second-order valence-electron chi connectivity index (χ2n) is 12.5. The molecule has 5 nitrogen and oxygen atoms in total. The van der Waals surface area contributed by atoms with Crippen molar-refractivity contribution < 1.29 is 0 Å². The summed E-state index contributed by atoms with van der Waals surface area (Å²) < 4.78 is 4.71. The molecule has 0 spiro atoms. The van der Waals surface area contributed by atoms with E-state index >= 15 is 0 Å². The van der Waals surface area contributed by atoms with Crippen LogP contribution in [0.2, 0.25) is 0 Å². The molecule has 0 aliphatic heterocycles. The molecule has 0 aliphatic rings. The third-order valence-corrected chi connectivity index (χ3v) is 9.62. The minimum atomic E-state index is 0.799. The number of fused-ring (bicyclic) bond motifs is 6. The number of rotatable bonds is 5. The van der Waals surface area contributed by atoms with Gasteiger partial charge in [-0.25, -0.2) is 4.98 Å². The van der Waals surface area contributed by atoms with Gasteiger partial charge in [0.1, 0.15) is 0 Å². The molecule has 5 heterocycles. The second-order valence-corrected chi connectivity index (χ2v) is 12.5. The zero-order valence-electron chi connectivity index (χ0n) is 27.0. The first-order valence-electron chi connectivity index (χ1n) is 16.8. The SMILES string of the molecule is c1ccc(-n2c3ccccc3c3ccc(-c4ccc5c(c4)c4ccccc4n5-c4cc(-c5ccccn5)nc(-c5ccccn5)c4)cc32)cc1. The minimum Gasteiger partial charge on any atom is -0.309 e. The summed E-state index contributed by atoms with van der Waals surface area (Å²) in [7, 11) is 0. The van der Waals surface area contributed by atoms with Gasteiger partial charge in [0, 0.05) is 39.6 Å². The van der Waals surface area contributed by atoms with Crippen molar-refractivity contribution in [1.29, 1.82) is 0 Å². The van der Waals surface area contributed by atoms with Crippen LogP contribution in [0.5, 0.6) is 0 Å². The number of aromatic nitrogens is 5. The van der Waals surface area contributed by atoms with Gasteiger partial charge in [-0.2, -0.15) is 0 Å². The number of hydrogen-bond donors (Lipinski definition) is 0. The van der Waals surface area contributed by atoms with E-state index < -0.39 is 0 Å². The molecule has 0 saturated heterocycles. The van der Waals surface area contributed by atoms with Crippen LogP contribution in [0.1, 0.15) is 0 Å². The molecule has 0 saturated carbocycles. The van der Waals surface area contributed by atoms with Crippen molar-refractivity contribution in [1.82, 2.24) is 24.1 Å². The summed E-state index contributed by atoms with van der Waals surface area (Å²) >= 11 is 0. The van der Waals surface area contributed by atoms with E-state index in [1.807, 2.05) is 48.8 Å². The maximum absolute atomic E-state index is 5.03. The Morgan fingerprint density at radius 1 is 0.320 bits per heavy atom. The van der Waals surface area contributed by atoms with Gasteiger partial charge in [-0.05, 0) is 90.0 Å². The number of pyridine rings is 3. The van der Waals surface area contributed by atoms with Crippen LogP contribution in [0, 0.1) is 0 Å². The molecule has 0 atom stereocenters. The molecule has 0 amide bonds. The van der Waals surface area contributed by atoms with E-state index in [2.05, 4.69) is 146 Å². The van der Waals surface area contributed by atoms with Gasteiger partial charge < -0.3 is 9.13 Å². The summed E-state index contributed by atoms with van der Waals surface area (Å²) in [4.78, 5) is 14.3. The van der Waals surface area contributed by atoms with Gasteiger partial charge in [0.15, 0.2) is 0 Å². The van der Waals surface area contributed by atoms with Crippen molar-refractivity contribution in [3.05, 3.63) is 176 Å². The lowest BCUT2D eigenvalue weighted by Gasteiger charge is -2.13. The van der Waals surface area contributed by atoms with E-state index in [0.29, 0.717) is 0 Å². The van der Waals surface area contributed by atoms with E-state index in [0.717, 1.165) is 45.2 Å². The first-order chi connectivity index (χ1) is 24.8. The third kappa shape index (κ3) is 4.52. The molecule has 234 valence electrons. The quantitative estimate of drug-likeness (QED) is 0.188. The van der Waals surface area contributed by atoms with Gasteiger partial charge in [0.05, 0.1) is 50.5 Å². The smallest absolute Gasteiger partial charge is 0.0915 e. The maximum Gasteiger partial charge on any atom is 0.0915 e. The predicted molar refractivity (Wildman–Crippen MR) is 205 cm³/mol. The fraction of sp³-hybridized carbons (Fsp3) is 0. The molecule has 50 heavy (non-hydrogen) atoms. The highest BCUT2D eigenvalue weighted by Gasteiger charge is 2.18. The Hall–Kier alpha value is -6.85. The summed E-state index contributed by atoms with van der Waals surface area (Å²) in [5.41, 5.74) is 12.4. The van der Waals surface area contributed by atoms with Crippen molar-refractivity contribution in [2.75, 3.05) is 0 Å². The van der Waals surface area contributed by atoms with Gasteiger partial charge in [0.25, 0.3) is 0 Å². The van der Waals surface area contributed by atoms with E-state index in [9.17, 15) is 0 Å². The predicted octanol–water partition coefficient (Wildman–Crippen LogP) is 11.1. The summed E-state index contributed by atoms with van der Waals surface area (Å²) in [5.74, 6) is 0. The highest BCUT2D eigenvalue weighted by molar-refractivity contribution is 6.12. The number of nitrogens with zero attached hydrogens (tertiary/aromatic N) is 5. The average molecular weight is 640 g/mol. The van der Waals surface area contributed by atoms with Crippen LogP contribution < -0.4 is 0 Å². The summed E-state index contributed by atoms with van der Waals surface area (Å²) in [6.07, 6.45) is 3.62. The Morgan fingerprint density at radius 3 is 1.50 bits per heavy atom. The Morgan fingerprint density at radius 2 is 0.840 bits per heavy atom. The summed E-state index contributed by atoms with van der Waals surface area (Å²) in [6, 6.07) is 57.7. The molecule has 5 aromatic carbocycles. The van der Waals surface area contributed by atoms with Crippen molar-refractivity contribution in [2.24, 2.45) is 0 Å². The minimum absolute atomic E-state index is 0.799. The zero-order valence-corrected chi connectivity index (χ0v) is 27.0. The van der Waals surface area contributed by atoms with E-state index in [1.165, 1.54) is 43.7 Å². The normalized spacial score (nSPS) is 11.6. The lowest BCUT2D eigenvalue weighted by atomic mass is 10.0. The molecular formula is C45H29N5. The van der Waals surface area contributed by atoms with Crippen LogP contribution >= 0.6 is 0 Å². The van der Waals surface area contributed by atoms with E-state index in [1.54, 1.807) is 0 Å². The standard InChI is InChI=1S/C45H29N5/c1-2-12-32(13-3-1)49-42-18-6-4-14-34(42)36-22-20-31(27-45(36)49)30-21-23-44-37(26-30)35-15-5-7-19-43(35)50(44)33-28-40(38-16-8-10-24-46-38)48-41(29-33)39-17-9-11-25-47-39/h1-29H. The molecule has 5 aromatic heterocycles. The van der Waals surface area contributed by atoms with Crippen LogP contribution in [0.15, 0.2) is 176 Å². The van der Waals surface area contributed by atoms with Gasteiger partial charge in [-0.3, -0.25) is 9.97 Å². The molecule has 0 fully saturated rings. The molecule has 0 aliphatic carbocycles. The first-order valence-corrected chi connectivity index (χ1v) is 16.8. The molecule has 0 bridgehead atoms. The fourth-order valence-electron chi connectivity index (χ4n) is 7.37. The monoisotopic (exact) mass is 639 g/mol. The molecule has 0 radical (unpaired) electrons. The molecule has 10 aromatic rings. The van der Waals surface area contributed by atoms with E-state index in [-0.39, 0.29) is 0 Å². The first kappa shape index (κ1) is 28.2. The van der Waals surface area contributed by atoms with Crippen molar-refractivity contribution in [3.63, 3.8) is 0 Å². The van der Waals surface area contributed by atoms with Gasteiger partial charge in [0.2, 0.25) is 0 Å². The van der Waals surface area contributed by atoms with Crippen LogP contribution in [-0.2, 0) is 0 Å². The zero-order chi connectivity index (χ0) is 33.0. The average Bonchev–Trinajstić information content (AvgIpc) is 3.71. The Balaban J connectivity index is 1.18. The van der Waals surface area contributed by atoms with Crippen molar-refractivity contribution in [3.8, 4) is 45.3 Å². The number of benzene rings is 5. The fourth-order valence-corrected chi connectivity index (χ4v) is 7.37. The highest BCUT2D eigenvalue weighted by atomic mass is 15.0. The van der Waals surface area contributed by atoms with Crippen LogP contribution in [0.4, 0.5) is 0 Å². The lowest BCUT2D eigenvalue weighted by molar-refractivity contribution is 1.14. The van der Waals surface area contributed by atoms with E-state index in [4.69, 9.17) is 4.98 Å². The second kappa shape index (κ2) is 11.4. The van der Waals surface area contributed by atoms with Gasteiger partial charge in [-0.1, -0.05) is 84.9 Å². The Bertz CT molecular complexity index is 2800. The van der Waals surface area contributed by atoms with Crippen molar-refractivity contribution in [2.45, 2.75) is 0 Å². The summed E-state index contributed by atoms with van der Waals surface area (Å²) in [6.45, 7) is 0. The van der Waals surface area contributed by atoms with Gasteiger partial charge in [-0.15, -0.1) is 0 Å². The summed E-state index contributed by atoms with van der Waals surface area (Å²) in [5, 5.41) is 4.89. The molecular weight excluding hydrogens is 611 g/mol. The van der Waals surface area contributed by atoms with Crippen LogP contribution in [0.25, 0.3) is 88.9 Å². The number of hydrogen-bond acceptors (Lipinski definition) is 3. The Kier molecular flexibility index (Phi) is 6.42. The largest absolute Gasteiger partial charge is 0.309 e. The third-order valence-electron chi connectivity index (χ3n) is 9.62. The topological polar surface area (TPSA) is 48.5 Å². The van der Waals surface area contributed by atoms with Gasteiger partial charge >= 0.3 is 0 Å². The highest BCUT2D eigenvalue weighted by Crippen LogP contribution is 2.39.